The van der Waals surface area contributed by atoms with Gasteiger partial charge in [0.2, 0.25) is 0 Å². The van der Waals surface area contributed by atoms with E-state index in [4.69, 9.17) is 4.74 Å². The van der Waals surface area contributed by atoms with Crippen molar-refractivity contribution in [3.05, 3.63) is 48.1 Å². The molecule has 0 aromatic heterocycles. The number of allylic oxidation sites excluding steroid dienone is 1. The van der Waals surface area contributed by atoms with Gasteiger partial charge in [-0.3, -0.25) is 4.99 Å². The number of rotatable bonds is 5. The van der Waals surface area contributed by atoms with Crippen LogP contribution in [0.15, 0.2) is 36.4 Å². The van der Waals surface area contributed by atoms with Crippen LogP contribution in [-0.4, -0.2) is 32.1 Å². The summed E-state index contributed by atoms with van der Waals surface area (Å²) in [5, 5.41) is 0. The molecule has 3 heteroatoms. The first-order valence-electron chi connectivity index (χ1n) is 7.80. The van der Waals surface area contributed by atoms with Gasteiger partial charge in [-0.2, -0.15) is 0 Å². The summed E-state index contributed by atoms with van der Waals surface area (Å²) in [5.41, 5.74) is 6.89. The monoisotopic (exact) mass is 298 g/mol. The predicted molar refractivity (Wildman–Crippen MR) is 95.9 cm³/mol. The van der Waals surface area contributed by atoms with E-state index in [1.54, 1.807) is 0 Å². The molecule has 1 aromatic rings. The summed E-state index contributed by atoms with van der Waals surface area (Å²) < 4.78 is 5.60. The molecule has 118 valence electrons. The van der Waals surface area contributed by atoms with Crippen LogP contribution in [0.1, 0.15) is 37.0 Å². The van der Waals surface area contributed by atoms with Crippen molar-refractivity contribution in [3.63, 3.8) is 0 Å². The molecule has 1 aromatic carbocycles. The van der Waals surface area contributed by atoms with E-state index in [1.807, 2.05) is 13.0 Å². The van der Waals surface area contributed by atoms with Crippen LogP contribution < -0.4 is 4.90 Å². The zero-order chi connectivity index (χ0) is 16.1. The van der Waals surface area contributed by atoms with Gasteiger partial charge in [0.05, 0.1) is 13.2 Å². The number of hydrogen-bond donors (Lipinski definition) is 0. The Morgan fingerprint density at radius 3 is 2.73 bits per heavy atom. The molecule has 0 unspecified atom stereocenters. The quantitative estimate of drug-likeness (QED) is 0.601. The van der Waals surface area contributed by atoms with Crippen molar-refractivity contribution in [2.75, 3.05) is 31.3 Å². The van der Waals surface area contributed by atoms with Crippen molar-refractivity contribution in [3.8, 4) is 0 Å². The van der Waals surface area contributed by atoms with Gasteiger partial charge in [0.15, 0.2) is 0 Å². The molecule has 1 aliphatic rings. The normalized spacial score (nSPS) is 15.8. The molecule has 0 spiro atoms. The van der Waals surface area contributed by atoms with Gasteiger partial charge in [0, 0.05) is 23.5 Å². The second-order valence-corrected chi connectivity index (χ2v) is 5.83. The maximum absolute atomic E-state index is 5.60. The maximum Gasteiger partial charge on any atom is 0.118 e. The fourth-order valence-electron chi connectivity index (χ4n) is 2.76. The van der Waals surface area contributed by atoms with Gasteiger partial charge in [-0.25, -0.2) is 0 Å². The Bertz CT molecular complexity index is 596. The number of aliphatic imine (C=N–C) groups is 1. The number of ether oxygens (including phenoxy) is 1. The summed E-state index contributed by atoms with van der Waals surface area (Å²) >= 11 is 0. The molecule has 0 bridgehead atoms. The Morgan fingerprint density at radius 2 is 2.14 bits per heavy atom. The topological polar surface area (TPSA) is 24.8 Å². The molecule has 1 heterocycles. The van der Waals surface area contributed by atoms with E-state index < -0.39 is 0 Å². The highest BCUT2D eigenvalue weighted by Crippen LogP contribution is 2.29. The average Bonchev–Trinajstić information content (AvgIpc) is 2.53. The number of anilines is 1. The highest BCUT2D eigenvalue weighted by molar-refractivity contribution is 6.03. The Morgan fingerprint density at radius 1 is 1.36 bits per heavy atom. The third-order valence-corrected chi connectivity index (χ3v) is 3.95. The second-order valence-electron chi connectivity index (χ2n) is 5.83. The standard InChI is InChI=1S/C19H26N2O/c1-6-8-20-16(5)18-12-19(21-9-7-10-22-13-21)15(4)11-17(18)14(2)3/h6,11-12H,1-2,7-10,13H2,3-5H3. The van der Waals surface area contributed by atoms with E-state index in [2.05, 4.69) is 49.0 Å². The molecule has 2 rings (SSSR count). The minimum absolute atomic E-state index is 0.636. The lowest BCUT2D eigenvalue weighted by Gasteiger charge is -2.31. The maximum atomic E-state index is 5.60. The van der Waals surface area contributed by atoms with Crippen LogP contribution in [0.3, 0.4) is 0 Å². The van der Waals surface area contributed by atoms with Crippen LogP contribution >= 0.6 is 0 Å². The average molecular weight is 298 g/mol. The van der Waals surface area contributed by atoms with Crippen LogP contribution in [0.2, 0.25) is 0 Å². The van der Waals surface area contributed by atoms with E-state index in [1.165, 1.54) is 16.8 Å². The molecule has 22 heavy (non-hydrogen) atoms. The fraction of sp³-hybridized carbons (Fsp3) is 0.421. The van der Waals surface area contributed by atoms with Crippen molar-refractivity contribution in [1.82, 2.24) is 0 Å². The first-order valence-corrected chi connectivity index (χ1v) is 7.80. The zero-order valence-electron chi connectivity index (χ0n) is 14.0. The highest BCUT2D eigenvalue weighted by atomic mass is 16.5. The summed E-state index contributed by atoms with van der Waals surface area (Å²) in [6.07, 6.45) is 2.89. The largest absolute Gasteiger partial charge is 0.361 e. The van der Waals surface area contributed by atoms with Crippen molar-refractivity contribution >= 4 is 17.0 Å². The summed E-state index contributed by atoms with van der Waals surface area (Å²) in [6, 6.07) is 4.45. The molecular weight excluding hydrogens is 272 g/mol. The fourth-order valence-corrected chi connectivity index (χ4v) is 2.76. The smallest absolute Gasteiger partial charge is 0.118 e. The summed E-state index contributed by atoms with van der Waals surface area (Å²) in [5.74, 6) is 0. The number of nitrogens with zero attached hydrogens (tertiary/aromatic N) is 2. The van der Waals surface area contributed by atoms with E-state index in [0.717, 1.165) is 36.4 Å². The Balaban J connectivity index is 2.48. The molecule has 1 fully saturated rings. The minimum Gasteiger partial charge on any atom is -0.361 e. The van der Waals surface area contributed by atoms with Gasteiger partial charge < -0.3 is 9.64 Å². The molecule has 0 N–H and O–H groups in total. The van der Waals surface area contributed by atoms with Crippen LogP contribution in [-0.2, 0) is 4.74 Å². The summed E-state index contributed by atoms with van der Waals surface area (Å²) in [7, 11) is 0. The first kappa shape index (κ1) is 16.5. The van der Waals surface area contributed by atoms with Crippen molar-refractivity contribution in [2.45, 2.75) is 27.2 Å². The van der Waals surface area contributed by atoms with Crippen molar-refractivity contribution in [2.24, 2.45) is 4.99 Å². The number of benzene rings is 1. The van der Waals surface area contributed by atoms with Crippen LogP contribution in [0.4, 0.5) is 5.69 Å². The Labute approximate surface area is 134 Å². The second kappa shape index (κ2) is 7.41. The van der Waals surface area contributed by atoms with Gasteiger partial charge >= 0.3 is 0 Å². The Kier molecular flexibility index (Phi) is 5.56. The van der Waals surface area contributed by atoms with E-state index in [0.29, 0.717) is 13.3 Å². The van der Waals surface area contributed by atoms with E-state index in [-0.39, 0.29) is 0 Å². The highest BCUT2D eigenvalue weighted by Gasteiger charge is 2.17. The minimum atomic E-state index is 0.636. The van der Waals surface area contributed by atoms with Gasteiger partial charge in [0.1, 0.15) is 6.73 Å². The van der Waals surface area contributed by atoms with Crippen LogP contribution in [0.5, 0.6) is 0 Å². The molecular formula is C19H26N2O. The first-order chi connectivity index (χ1) is 10.5. The lowest BCUT2D eigenvalue weighted by atomic mass is 9.95. The number of aryl methyl sites for hydroxylation is 1. The Hall–Kier alpha value is -1.87. The van der Waals surface area contributed by atoms with Crippen LogP contribution in [0.25, 0.3) is 5.57 Å². The van der Waals surface area contributed by atoms with Crippen LogP contribution in [0, 0.1) is 6.92 Å². The van der Waals surface area contributed by atoms with E-state index in [9.17, 15) is 0 Å². The van der Waals surface area contributed by atoms with Gasteiger partial charge in [-0.15, -0.1) is 6.58 Å². The third kappa shape index (κ3) is 3.66. The van der Waals surface area contributed by atoms with Gasteiger partial charge in [0.25, 0.3) is 0 Å². The lowest BCUT2D eigenvalue weighted by Crippen LogP contribution is -2.33. The molecule has 0 atom stereocenters. The SMILES string of the molecule is C=CCN=C(C)c1cc(N2CCCOC2)c(C)cc1C(=C)C. The molecule has 0 saturated carbocycles. The van der Waals surface area contributed by atoms with Gasteiger partial charge in [-0.05, 0) is 50.5 Å². The summed E-state index contributed by atoms with van der Waals surface area (Å²) in [4.78, 5) is 6.88. The van der Waals surface area contributed by atoms with Crippen molar-refractivity contribution < 1.29 is 4.74 Å². The zero-order valence-corrected chi connectivity index (χ0v) is 14.0. The molecule has 0 amide bonds. The molecule has 3 nitrogen and oxygen atoms in total. The van der Waals surface area contributed by atoms with Gasteiger partial charge in [-0.1, -0.05) is 18.2 Å². The van der Waals surface area contributed by atoms with Crippen molar-refractivity contribution in [1.29, 1.82) is 0 Å². The lowest BCUT2D eigenvalue weighted by molar-refractivity contribution is 0.107. The molecule has 0 aliphatic carbocycles. The molecule has 0 radical (unpaired) electrons. The predicted octanol–water partition coefficient (Wildman–Crippen LogP) is 4.21. The van der Waals surface area contributed by atoms with E-state index >= 15 is 0 Å². The molecule has 1 aliphatic heterocycles. The third-order valence-electron chi connectivity index (χ3n) is 3.95. The number of hydrogen-bond acceptors (Lipinski definition) is 3. The molecule has 1 saturated heterocycles. The summed E-state index contributed by atoms with van der Waals surface area (Å²) in [6.45, 7) is 17.3.